The van der Waals surface area contributed by atoms with Crippen LogP contribution in [0.3, 0.4) is 0 Å². The summed E-state index contributed by atoms with van der Waals surface area (Å²) >= 11 is 0. The van der Waals surface area contributed by atoms with Gasteiger partial charge in [0.2, 0.25) is 21.8 Å². The number of aromatic nitrogens is 2. The fourth-order valence-corrected chi connectivity index (χ4v) is 8.56. The number of morpholine rings is 1. The van der Waals surface area contributed by atoms with E-state index in [2.05, 4.69) is 26.1 Å². The second-order valence-electron chi connectivity index (χ2n) is 15.4. The first-order valence-corrected chi connectivity index (χ1v) is 20.2. The van der Waals surface area contributed by atoms with Gasteiger partial charge in [-0.25, -0.2) is 13.2 Å². The third-order valence-corrected chi connectivity index (χ3v) is 12.0. The number of nitrogens with one attached hydrogen (secondary N) is 5. The normalized spacial score (nSPS) is 18.7. The molecule has 3 amide bonds. The van der Waals surface area contributed by atoms with Gasteiger partial charge in [0.25, 0.3) is 5.56 Å². The van der Waals surface area contributed by atoms with E-state index in [1.54, 1.807) is 36.4 Å². The number of H-pyrrole nitrogens is 2. The lowest BCUT2D eigenvalue weighted by atomic mass is 9.81. The maximum Gasteiger partial charge on any atom is 0.407 e. The van der Waals surface area contributed by atoms with E-state index in [9.17, 15) is 27.6 Å². The summed E-state index contributed by atoms with van der Waals surface area (Å²) in [7, 11) is -3.73. The molecule has 1 saturated carbocycles. The molecule has 2 fully saturated rings. The molecule has 0 radical (unpaired) electrons. The van der Waals surface area contributed by atoms with Crippen molar-refractivity contribution in [3.8, 4) is 11.1 Å². The maximum atomic E-state index is 14.0. The Morgan fingerprint density at radius 1 is 0.964 bits per heavy atom. The Morgan fingerprint density at radius 2 is 1.71 bits per heavy atom. The van der Waals surface area contributed by atoms with Gasteiger partial charge in [0, 0.05) is 37.7 Å². The molecule has 0 unspecified atom stereocenters. The number of rotatable bonds is 11. The molecule has 2 heterocycles. The van der Waals surface area contributed by atoms with E-state index in [1.807, 2.05) is 52.0 Å². The van der Waals surface area contributed by atoms with Crippen molar-refractivity contribution in [2.75, 3.05) is 38.2 Å². The van der Waals surface area contributed by atoms with Crippen LogP contribution >= 0.6 is 0 Å². The number of sulfonamides is 1. The number of amides is 3. The fourth-order valence-electron chi connectivity index (χ4n) is 7.12. The number of alkyl carbamates (subject to hydrolysis) is 1. The van der Waals surface area contributed by atoms with Gasteiger partial charge in [0.1, 0.15) is 11.6 Å². The van der Waals surface area contributed by atoms with Crippen molar-refractivity contribution in [1.82, 2.24) is 25.1 Å². The number of hydrogen-bond donors (Lipinski definition) is 5. The molecule has 1 aliphatic carbocycles. The second kappa shape index (κ2) is 16.8. The smallest absolute Gasteiger partial charge is 0.407 e. The van der Waals surface area contributed by atoms with Gasteiger partial charge in [-0.15, -0.1) is 0 Å². The van der Waals surface area contributed by atoms with Crippen molar-refractivity contribution >= 4 is 44.5 Å². The molecule has 55 heavy (non-hydrogen) atoms. The van der Waals surface area contributed by atoms with Crippen LogP contribution in [0.2, 0.25) is 0 Å². The first-order valence-electron chi connectivity index (χ1n) is 18.7. The highest BCUT2D eigenvalue weighted by Gasteiger charge is 2.31. The summed E-state index contributed by atoms with van der Waals surface area (Å²) in [4.78, 5) is 52.1. The highest BCUT2D eigenvalue weighted by molar-refractivity contribution is 7.89. The van der Waals surface area contributed by atoms with Gasteiger partial charge in [-0.3, -0.25) is 24.6 Å². The number of carbonyl (C=O) groups excluding carboxylic acids is 3. The molecular weight excluding hydrogens is 725 g/mol. The molecule has 294 valence electrons. The van der Waals surface area contributed by atoms with Crippen LogP contribution < -0.4 is 21.5 Å². The Bertz CT molecular complexity index is 2190. The van der Waals surface area contributed by atoms with Gasteiger partial charge in [-0.2, -0.15) is 4.31 Å². The number of hydrogen-bond acceptors (Lipinski definition) is 8. The highest BCUT2D eigenvalue weighted by atomic mass is 32.2. The molecule has 4 aromatic rings. The Labute approximate surface area is 320 Å². The van der Waals surface area contributed by atoms with Crippen molar-refractivity contribution in [3.63, 3.8) is 0 Å². The zero-order chi connectivity index (χ0) is 39.3. The van der Waals surface area contributed by atoms with Crippen molar-refractivity contribution in [2.45, 2.75) is 76.3 Å². The van der Waals surface area contributed by atoms with E-state index < -0.39 is 33.7 Å². The monoisotopic (exact) mass is 774 g/mol. The van der Waals surface area contributed by atoms with E-state index >= 15 is 0 Å². The zero-order valence-corrected chi connectivity index (χ0v) is 32.5. The predicted molar refractivity (Wildman–Crippen MR) is 209 cm³/mol. The fraction of sp³-hybridized carbons (Fsp3) is 0.450. The summed E-state index contributed by atoms with van der Waals surface area (Å²) in [5.41, 5.74) is 3.29. The van der Waals surface area contributed by atoms with Crippen LogP contribution in [0.15, 0.2) is 70.4 Å². The van der Waals surface area contributed by atoms with Crippen LogP contribution in [-0.2, 0) is 35.5 Å². The minimum Gasteiger partial charge on any atom is -0.444 e. The standard InChI is InChI=1S/C40H50N6O8S/c1-25-8-14-31(55(51,52)46-16-18-53-19-17-46)23-33(25)29-7-5-6-27(20-29)21-35(38(49)42-30-13-15-32-34(22-30)44-45-37(32)48)43-36(47)28-11-9-26(10-12-28)24-41-39(50)54-40(2,3)4/h5-8,13-15,20,22-23,26,28,35H,9-12,16-19,21,24H2,1-4H3,(H,41,50)(H,42,49)(H,43,47)(H2,44,45,48)/t26?,28?,35-/m0/s1. The lowest BCUT2D eigenvalue weighted by Gasteiger charge is -2.29. The van der Waals surface area contributed by atoms with Crippen molar-refractivity contribution in [2.24, 2.45) is 11.8 Å². The van der Waals surface area contributed by atoms with E-state index in [0.29, 0.717) is 62.3 Å². The van der Waals surface area contributed by atoms with Crippen molar-refractivity contribution in [3.05, 3.63) is 82.1 Å². The van der Waals surface area contributed by atoms with E-state index in [1.165, 1.54) is 4.31 Å². The van der Waals surface area contributed by atoms with Gasteiger partial charge in [0.05, 0.1) is 29.0 Å². The van der Waals surface area contributed by atoms with Crippen LogP contribution in [0.25, 0.3) is 22.0 Å². The summed E-state index contributed by atoms with van der Waals surface area (Å²) in [5.74, 6) is -0.753. The summed E-state index contributed by atoms with van der Waals surface area (Å²) in [5, 5.41) is 14.6. The number of anilines is 1. The van der Waals surface area contributed by atoms with Crippen LogP contribution in [0, 0.1) is 18.8 Å². The minimum absolute atomic E-state index is 0.161. The van der Waals surface area contributed by atoms with Gasteiger partial charge >= 0.3 is 6.09 Å². The van der Waals surface area contributed by atoms with E-state index in [0.717, 1.165) is 35.1 Å². The van der Waals surface area contributed by atoms with Crippen LogP contribution in [0.5, 0.6) is 0 Å². The summed E-state index contributed by atoms with van der Waals surface area (Å²) in [6.45, 7) is 9.09. The third-order valence-electron chi connectivity index (χ3n) is 10.1. The second-order valence-corrected chi connectivity index (χ2v) is 17.3. The van der Waals surface area contributed by atoms with Crippen LogP contribution in [-0.4, -0.2) is 85.3 Å². The third kappa shape index (κ3) is 10.0. The Hall–Kier alpha value is -4.99. The first-order chi connectivity index (χ1) is 26.2. The largest absolute Gasteiger partial charge is 0.444 e. The zero-order valence-electron chi connectivity index (χ0n) is 31.7. The number of aromatic amines is 2. The first kappa shape index (κ1) is 39.7. The summed E-state index contributed by atoms with van der Waals surface area (Å²) in [6.07, 6.45) is 2.39. The Balaban J connectivity index is 1.19. The van der Waals surface area contributed by atoms with Crippen LogP contribution in [0.4, 0.5) is 10.5 Å². The number of nitrogens with zero attached hydrogens (tertiary/aromatic N) is 1. The molecule has 5 N–H and O–H groups in total. The molecule has 1 aliphatic heterocycles. The molecule has 15 heteroatoms. The number of fused-ring (bicyclic) bond motifs is 1. The van der Waals surface area contributed by atoms with Crippen molar-refractivity contribution in [1.29, 1.82) is 0 Å². The van der Waals surface area contributed by atoms with Crippen LogP contribution in [0.1, 0.15) is 57.6 Å². The number of carbonyl (C=O) groups is 3. The molecule has 2 aliphatic rings. The lowest BCUT2D eigenvalue weighted by molar-refractivity contribution is -0.130. The molecule has 1 atom stereocenters. The minimum atomic E-state index is -3.73. The summed E-state index contributed by atoms with van der Waals surface area (Å²) in [6, 6.07) is 16.6. The number of aryl methyl sites for hydroxylation is 1. The number of ether oxygens (including phenoxy) is 2. The average Bonchev–Trinajstić information content (AvgIpc) is 3.53. The quantitative estimate of drug-likeness (QED) is 0.143. The molecule has 14 nitrogen and oxygen atoms in total. The maximum absolute atomic E-state index is 14.0. The molecule has 6 rings (SSSR count). The Kier molecular flexibility index (Phi) is 12.1. The average molecular weight is 775 g/mol. The summed E-state index contributed by atoms with van der Waals surface area (Å²) < 4.78 is 39.1. The van der Waals surface area contributed by atoms with Gasteiger partial charge in [0.15, 0.2) is 0 Å². The lowest BCUT2D eigenvalue weighted by Crippen LogP contribution is -2.48. The topological polar surface area (TPSA) is 192 Å². The highest BCUT2D eigenvalue weighted by Crippen LogP contribution is 2.31. The van der Waals surface area contributed by atoms with Gasteiger partial charge < -0.3 is 25.4 Å². The molecular formula is C40H50N6O8S. The molecule has 3 aromatic carbocycles. The van der Waals surface area contributed by atoms with E-state index in [-0.39, 0.29) is 34.6 Å². The van der Waals surface area contributed by atoms with Gasteiger partial charge in [-0.05, 0) is 112 Å². The van der Waals surface area contributed by atoms with Gasteiger partial charge in [-0.1, -0.05) is 30.3 Å². The predicted octanol–water partition coefficient (Wildman–Crippen LogP) is 4.85. The molecule has 0 spiro atoms. The molecule has 1 saturated heterocycles. The molecule has 1 aromatic heterocycles. The van der Waals surface area contributed by atoms with Crippen molar-refractivity contribution < 1.29 is 32.3 Å². The SMILES string of the molecule is Cc1ccc(S(=O)(=O)N2CCOCC2)cc1-c1cccc(C[C@H](NC(=O)C2CCC(CNC(=O)OC(C)(C)C)CC2)C(=O)Nc2ccc3c(=O)[nH][nH]c3c2)c1. The van der Waals surface area contributed by atoms with E-state index in [4.69, 9.17) is 9.47 Å². The Morgan fingerprint density at radius 3 is 2.44 bits per heavy atom. The number of benzene rings is 3. The molecule has 0 bridgehead atoms.